The topological polar surface area (TPSA) is 86.7 Å². The number of benzene rings is 2. The molecule has 0 aromatic heterocycles. The van der Waals surface area contributed by atoms with Crippen LogP contribution in [0.4, 0.5) is 0 Å². The summed E-state index contributed by atoms with van der Waals surface area (Å²) in [4.78, 5) is 50.8. The average Bonchev–Trinajstić information content (AvgIpc) is 2.94. The molecule has 1 aliphatic rings. The molecule has 0 atom stereocenters. The Kier molecular flexibility index (Phi) is 5.85. The number of hydrogen-bond donors (Lipinski definition) is 0. The van der Waals surface area contributed by atoms with E-state index in [1.165, 1.54) is 13.8 Å². The number of ether oxygens (including phenoxy) is 2. The lowest BCUT2D eigenvalue weighted by Gasteiger charge is -2.30. The van der Waals surface area contributed by atoms with E-state index in [1.54, 1.807) is 36.4 Å². The Bertz CT molecular complexity index is 1040. The maximum Gasteiger partial charge on any atom is 0.308 e. The third-order valence-corrected chi connectivity index (χ3v) is 6.04. The van der Waals surface area contributed by atoms with E-state index in [2.05, 4.69) is 0 Å². The first-order valence-electron chi connectivity index (χ1n) is 10.2. The number of Topliss-reactive ketones (excluding diaryl/α,β-unsaturated/α-hetero) is 2. The van der Waals surface area contributed by atoms with Crippen molar-refractivity contribution in [2.75, 3.05) is 6.61 Å². The minimum Gasteiger partial charge on any atom is -0.464 e. The highest BCUT2D eigenvalue weighted by Gasteiger charge is 2.56. The van der Waals surface area contributed by atoms with Gasteiger partial charge in [0.15, 0.2) is 17.0 Å². The second-order valence-electron chi connectivity index (χ2n) is 8.43. The zero-order valence-electron chi connectivity index (χ0n) is 18.4. The fourth-order valence-electron chi connectivity index (χ4n) is 3.84. The largest absolute Gasteiger partial charge is 0.464 e. The predicted molar refractivity (Wildman–Crippen MR) is 114 cm³/mol. The molecular formula is C25H26O6. The van der Waals surface area contributed by atoms with Crippen molar-refractivity contribution in [1.29, 1.82) is 0 Å². The molecule has 1 aliphatic carbocycles. The summed E-state index contributed by atoms with van der Waals surface area (Å²) in [5.74, 6) is -2.05. The molecule has 3 rings (SSSR count). The molecule has 0 radical (unpaired) electrons. The van der Waals surface area contributed by atoms with E-state index in [-0.39, 0.29) is 27.9 Å². The normalized spacial score (nSPS) is 14.9. The molecule has 6 nitrogen and oxygen atoms in total. The summed E-state index contributed by atoms with van der Waals surface area (Å²) in [6, 6.07) is 11.7. The Morgan fingerprint density at radius 3 is 2.00 bits per heavy atom. The van der Waals surface area contributed by atoms with E-state index < -0.39 is 35.5 Å². The van der Waals surface area contributed by atoms with E-state index in [4.69, 9.17) is 9.47 Å². The molecular weight excluding hydrogens is 396 g/mol. The van der Waals surface area contributed by atoms with E-state index in [0.717, 1.165) is 12.0 Å². The average molecular weight is 422 g/mol. The molecule has 0 saturated heterocycles. The molecule has 0 heterocycles. The van der Waals surface area contributed by atoms with E-state index in [9.17, 15) is 19.2 Å². The predicted octanol–water partition coefficient (Wildman–Crippen LogP) is 4.18. The standard InChI is InChI=1S/C25H26O6/c1-6-24(4,5)17-11-12-21(31-16(3)27)20(13-17)25(14-30-15(2)26)22(28)18-9-7-8-10-19(18)23(25)29/h7-13H,6,14H2,1-5H3. The van der Waals surface area contributed by atoms with Gasteiger partial charge in [-0.3, -0.25) is 19.2 Å². The molecule has 0 unspecified atom stereocenters. The second kappa shape index (κ2) is 8.10. The van der Waals surface area contributed by atoms with Gasteiger partial charge in [0.05, 0.1) is 0 Å². The highest BCUT2D eigenvalue weighted by molar-refractivity contribution is 6.33. The molecule has 0 spiro atoms. The van der Waals surface area contributed by atoms with Crippen molar-refractivity contribution in [3.63, 3.8) is 0 Å². The van der Waals surface area contributed by atoms with E-state index in [0.29, 0.717) is 0 Å². The van der Waals surface area contributed by atoms with Gasteiger partial charge in [-0.1, -0.05) is 51.1 Å². The van der Waals surface area contributed by atoms with Crippen molar-refractivity contribution in [2.24, 2.45) is 0 Å². The third kappa shape index (κ3) is 3.78. The van der Waals surface area contributed by atoms with Gasteiger partial charge in [0.1, 0.15) is 12.4 Å². The van der Waals surface area contributed by atoms with Gasteiger partial charge in [-0.05, 0) is 29.5 Å². The molecule has 0 amide bonds. The number of rotatable bonds is 6. The summed E-state index contributed by atoms with van der Waals surface area (Å²) in [5.41, 5.74) is -0.458. The number of fused-ring (bicyclic) bond motifs is 1. The number of ketones is 2. The van der Waals surface area contributed by atoms with Crippen LogP contribution in [-0.4, -0.2) is 30.1 Å². The number of esters is 2. The first kappa shape index (κ1) is 22.4. The summed E-state index contributed by atoms with van der Waals surface area (Å²) < 4.78 is 10.6. The van der Waals surface area contributed by atoms with Crippen molar-refractivity contribution in [1.82, 2.24) is 0 Å². The molecule has 162 valence electrons. The summed E-state index contributed by atoms with van der Waals surface area (Å²) >= 11 is 0. The van der Waals surface area contributed by atoms with Crippen LogP contribution in [0.2, 0.25) is 0 Å². The lowest BCUT2D eigenvalue weighted by Crippen LogP contribution is -2.44. The van der Waals surface area contributed by atoms with Gasteiger partial charge in [0.2, 0.25) is 0 Å². The van der Waals surface area contributed by atoms with Gasteiger partial charge in [0.25, 0.3) is 0 Å². The van der Waals surface area contributed by atoms with Gasteiger partial charge in [-0.15, -0.1) is 0 Å². The monoisotopic (exact) mass is 422 g/mol. The third-order valence-electron chi connectivity index (χ3n) is 6.04. The Morgan fingerprint density at radius 2 is 1.52 bits per heavy atom. The number of carbonyl (C=O) groups is 4. The van der Waals surface area contributed by atoms with Crippen molar-refractivity contribution in [2.45, 2.75) is 51.9 Å². The molecule has 2 aromatic carbocycles. The molecule has 0 fully saturated rings. The van der Waals surface area contributed by atoms with Crippen molar-refractivity contribution >= 4 is 23.5 Å². The number of hydrogen-bond acceptors (Lipinski definition) is 6. The Balaban J connectivity index is 2.33. The molecule has 0 N–H and O–H groups in total. The molecule has 2 aromatic rings. The van der Waals surface area contributed by atoms with Crippen LogP contribution < -0.4 is 4.74 Å². The van der Waals surface area contributed by atoms with Crippen LogP contribution in [-0.2, 0) is 25.2 Å². The fourth-order valence-corrected chi connectivity index (χ4v) is 3.84. The Labute approximate surface area is 181 Å². The maximum absolute atomic E-state index is 13.7. The van der Waals surface area contributed by atoms with Crippen molar-refractivity contribution in [3.8, 4) is 5.75 Å². The summed E-state index contributed by atoms with van der Waals surface area (Å²) in [6.07, 6.45) is 0.804. The molecule has 0 saturated carbocycles. The second-order valence-corrected chi connectivity index (χ2v) is 8.43. The molecule has 31 heavy (non-hydrogen) atoms. The van der Waals surface area contributed by atoms with Gasteiger partial charge in [-0.2, -0.15) is 0 Å². The van der Waals surface area contributed by atoms with Crippen LogP contribution in [0.3, 0.4) is 0 Å². The Morgan fingerprint density at radius 1 is 0.935 bits per heavy atom. The van der Waals surface area contributed by atoms with Crippen LogP contribution >= 0.6 is 0 Å². The zero-order valence-corrected chi connectivity index (χ0v) is 18.4. The highest BCUT2D eigenvalue weighted by Crippen LogP contribution is 2.45. The van der Waals surface area contributed by atoms with Gasteiger partial charge >= 0.3 is 11.9 Å². The SMILES string of the molecule is CCC(C)(C)c1ccc(OC(C)=O)c(C2(COC(C)=O)C(=O)c3ccccc3C2=O)c1. The zero-order chi connectivity index (χ0) is 23.0. The maximum atomic E-state index is 13.7. The molecule has 6 heteroatoms. The lowest BCUT2D eigenvalue weighted by atomic mass is 9.73. The first-order chi connectivity index (χ1) is 14.5. The molecule has 0 aliphatic heterocycles. The van der Waals surface area contributed by atoms with Gasteiger partial charge in [-0.25, -0.2) is 0 Å². The van der Waals surface area contributed by atoms with Crippen LogP contribution in [0.5, 0.6) is 5.75 Å². The van der Waals surface area contributed by atoms with E-state index >= 15 is 0 Å². The molecule has 0 bridgehead atoms. The smallest absolute Gasteiger partial charge is 0.308 e. The van der Waals surface area contributed by atoms with Crippen molar-refractivity contribution < 1.29 is 28.7 Å². The summed E-state index contributed by atoms with van der Waals surface area (Å²) in [7, 11) is 0. The summed E-state index contributed by atoms with van der Waals surface area (Å²) in [6.45, 7) is 8.12. The lowest BCUT2D eigenvalue weighted by molar-refractivity contribution is -0.142. The van der Waals surface area contributed by atoms with Crippen LogP contribution in [0.15, 0.2) is 42.5 Å². The minimum absolute atomic E-state index is 0.102. The van der Waals surface area contributed by atoms with Crippen LogP contribution in [0, 0.1) is 0 Å². The van der Waals surface area contributed by atoms with E-state index in [1.807, 2.05) is 26.8 Å². The highest BCUT2D eigenvalue weighted by atomic mass is 16.5. The van der Waals surface area contributed by atoms with Crippen LogP contribution in [0.1, 0.15) is 72.9 Å². The van der Waals surface area contributed by atoms with Crippen molar-refractivity contribution in [3.05, 3.63) is 64.7 Å². The Hall–Kier alpha value is -3.28. The first-order valence-corrected chi connectivity index (χ1v) is 10.2. The quantitative estimate of drug-likeness (QED) is 0.394. The minimum atomic E-state index is -1.82. The summed E-state index contributed by atoms with van der Waals surface area (Å²) in [5, 5.41) is 0. The van der Waals surface area contributed by atoms with Crippen LogP contribution in [0.25, 0.3) is 0 Å². The van der Waals surface area contributed by atoms with Gasteiger partial charge < -0.3 is 9.47 Å². The van der Waals surface area contributed by atoms with Gasteiger partial charge in [0, 0.05) is 30.5 Å². The number of carbonyl (C=O) groups excluding carboxylic acids is 4. The fraction of sp³-hybridized carbons (Fsp3) is 0.360.